The van der Waals surface area contributed by atoms with Gasteiger partial charge >= 0.3 is 18.5 Å². The van der Waals surface area contributed by atoms with E-state index in [0.29, 0.717) is 12.1 Å². The van der Waals surface area contributed by atoms with Crippen LogP contribution in [0.5, 0.6) is 5.75 Å². The Morgan fingerprint density at radius 3 is 2.11 bits per heavy atom. The van der Waals surface area contributed by atoms with E-state index in [4.69, 9.17) is 0 Å². The summed E-state index contributed by atoms with van der Waals surface area (Å²) in [6, 6.07) is 1.09. The zero-order chi connectivity index (χ0) is 14.8. The largest absolute Gasteiger partial charge is 0.573 e. The molecular formula is C10H6F6O3. The van der Waals surface area contributed by atoms with E-state index >= 15 is 0 Å². The molecule has 0 saturated carbocycles. The maximum atomic E-state index is 12.4. The quantitative estimate of drug-likeness (QED) is 0.618. The molecule has 0 aliphatic rings. The van der Waals surface area contributed by atoms with Gasteiger partial charge in [0.2, 0.25) is 0 Å². The van der Waals surface area contributed by atoms with Crippen LogP contribution in [0, 0.1) is 0 Å². The molecule has 1 aromatic carbocycles. The molecule has 0 fully saturated rings. The van der Waals surface area contributed by atoms with Gasteiger partial charge in [-0.25, -0.2) is 4.79 Å². The number of benzene rings is 1. The predicted octanol–water partition coefficient (Wildman–Crippen LogP) is 3.39. The van der Waals surface area contributed by atoms with Crippen LogP contribution in [0.1, 0.15) is 15.9 Å². The molecule has 0 saturated heterocycles. The Hall–Kier alpha value is -1.93. The average Bonchev–Trinajstić information content (AvgIpc) is 2.24. The van der Waals surface area contributed by atoms with E-state index in [-0.39, 0.29) is 6.07 Å². The first-order valence-electron chi connectivity index (χ1n) is 4.60. The third-order valence-electron chi connectivity index (χ3n) is 1.94. The Morgan fingerprint density at radius 2 is 1.68 bits per heavy atom. The van der Waals surface area contributed by atoms with Gasteiger partial charge in [0.15, 0.2) is 0 Å². The van der Waals surface area contributed by atoms with Crippen LogP contribution in [0.3, 0.4) is 0 Å². The monoisotopic (exact) mass is 288 g/mol. The summed E-state index contributed by atoms with van der Waals surface area (Å²) in [5.41, 5.74) is -2.13. The molecule has 0 unspecified atom stereocenters. The molecule has 0 aliphatic carbocycles. The number of methoxy groups -OCH3 is 1. The Kier molecular flexibility index (Phi) is 3.97. The first-order chi connectivity index (χ1) is 8.54. The number of carbonyl (C=O) groups is 1. The van der Waals surface area contributed by atoms with Gasteiger partial charge in [0.1, 0.15) is 11.3 Å². The van der Waals surface area contributed by atoms with Gasteiger partial charge in [-0.2, -0.15) is 13.2 Å². The summed E-state index contributed by atoms with van der Waals surface area (Å²) in [7, 11) is 0.872. The van der Waals surface area contributed by atoms with Crippen molar-refractivity contribution in [1.82, 2.24) is 0 Å². The van der Waals surface area contributed by atoms with Crippen LogP contribution in [-0.4, -0.2) is 19.4 Å². The summed E-state index contributed by atoms with van der Waals surface area (Å²) in [4.78, 5) is 11.1. The van der Waals surface area contributed by atoms with Gasteiger partial charge in [0, 0.05) is 0 Å². The third-order valence-corrected chi connectivity index (χ3v) is 1.94. The number of halogens is 6. The van der Waals surface area contributed by atoms with Crippen molar-refractivity contribution in [1.29, 1.82) is 0 Å². The molecular weight excluding hydrogens is 282 g/mol. The van der Waals surface area contributed by atoms with Crippen LogP contribution >= 0.6 is 0 Å². The zero-order valence-electron chi connectivity index (χ0n) is 9.22. The van der Waals surface area contributed by atoms with E-state index in [0.717, 1.165) is 7.11 Å². The SMILES string of the molecule is COC(=O)c1ccc(C(F)(F)F)cc1OC(F)(F)F. The molecule has 9 heteroatoms. The molecule has 0 aromatic heterocycles. The minimum atomic E-state index is -5.23. The van der Waals surface area contributed by atoms with E-state index in [9.17, 15) is 31.1 Å². The van der Waals surface area contributed by atoms with Crippen LogP contribution in [-0.2, 0) is 10.9 Å². The fourth-order valence-electron chi connectivity index (χ4n) is 1.19. The lowest BCUT2D eigenvalue weighted by atomic mass is 10.1. The number of hydrogen-bond donors (Lipinski definition) is 0. The minimum Gasteiger partial charge on any atom is -0.465 e. The van der Waals surface area contributed by atoms with E-state index in [1.54, 1.807) is 0 Å². The molecule has 1 rings (SSSR count). The van der Waals surface area contributed by atoms with Crippen LogP contribution < -0.4 is 4.74 Å². The summed E-state index contributed by atoms with van der Waals surface area (Å²) in [6.45, 7) is 0. The second kappa shape index (κ2) is 4.98. The summed E-state index contributed by atoms with van der Waals surface area (Å²) in [6.07, 6.45) is -10.1. The third kappa shape index (κ3) is 4.04. The van der Waals surface area contributed by atoms with E-state index in [1.165, 1.54) is 0 Å². The smallest absolute Gasteiger partial charge is 0.465 e. The number of ether oxygens (including phenoxy) is 2. The van der Waals surface area contributed by atoms with Crippen molar-refractivity contribution < 1.29 is 40.6 Å². The summed E-state index contributed by atoms with van der Waals surface area (Å²) in [5, 5.41) is 0. The molecule has 0 aliphatic heterocycles. The van der Waals surface area contributed by atoms with Gasteiger partial charge in [-0.1, -0.05) is 0 Å². The first-order valence-corrected chi connectivity index (χ1v) is 4.60. The Bertz CT molecular complexity index is 477. The summed E-state index contributed by atoms with van der Waals surface area (Å²) in [5.74, 6) is -2.51. The molecule has 1 aromatic rings. The van der Waals surface area contributed by atoms with Crippen LogP contribution in [0.15, 0.2) is 18.2 Å². The predicted molar refractivity (Wildman–Crippen MR) is 49.5 cm³/mol. The molecule has 0 atom stereocenters. The fourth-order valence-corrected chi connectivity index (χ4v) is 1.19. The van der Waals surface area contributed by atoms with Gasteiger partial charge < -0.3 is 9.47 Å². The van der Waals surface area contributed by atoms with Crippen LogP contribution in [0.4, 0.5) is 26.3 Å². The lowest BCUT2D eigenvalue weighted by Crippen LogP contribution is -2.20. The topological polar surface area (TPSA) is 35.5 Å². The van der Waals surface area contributed by atoms with E-state index in [2.05, 4.69) is 9.47 Å². The van der Waals surface area contributed by atoms with Crippen molar-refractivity contribution in [2.24, 2.45) is 0 Å². The highest BCUT2D eigenvalue weighted by Crippen LogP contribution is 2.35. The Balaban J connectivity index is 3.30. The highest BCUT2D eigenvalue weighted by Gasteiger charge is 2.36. The molecule has 19 heavy (non-hydrogen) atoms. The molecule has 3 nitrogen and oxygen atoms in total. The van der Waals surface area contributed by atoms with Crippen molar-refractivity contribution in [2.45, 2.75) is 12.5 Å². The van der Waals surface area contributed by atoms with E-state index in [1.807, 2.05) is 0 Å². The molecule has 0 radical (unpaired) electrons. The van der Waals surface area contributed by atoms with Crippen molar-refractivity contribution in [2.75, 3.05) is 7.11 Å². The number of rotatable bonds is 2. The maximum Gasteiger partial charge on any atom is 0.573 e. The van der Waals surface area contributed by atoms with Crippen molar-refractivity contribution in [3.05, 3.63) is 29.3 Å². The Labute approximate surface area is 102 Å². The number of carbonyl (C=O) groups excluding carboxylic acids is 1. The normalized spacial score (nSPS) is 12.2. The molecule has 0 N–H and O–H groups in total. The van der Waals surface area contributed by atoms with E-state index < -0.39 is 35.4 Å². The maximum absolute atomic E-state index is 12.4. The van der Waals surface area contributed by atoms with Crippen molar-refractivity contribution in [3.8, 4) is 5.75 Å². The van der Waals surface area contributed by atoms with Gasteiger partial charge in [-0.15, -0.1) is 13.2 Å². The lowest BCUT2D eigenvalue weighted by molar-refractivity contribution is -0.274. The van der Waals surface area contributed by atoms with Gasteiger partial charge in [-0.05, 0) is 18.2 Å². The summed E-state index contributed by atoms with van der Waals surface area (Å²) < 4.78 is 80.8. The van der Waals surface area contributed by atoms with Gasteiger partial charge in [-0.3, -0.25) is 0 Å². The minimum absolute atomic E-state index is 0.0831. The average molecular weight is 288 g/mol. The molecule has 0 bridgehead atoms. The van der Waals surface area contributed by atoms with Crippen LogP contribution in [0.2, 0.25) is 0 Å². The number of esters is 1. The number of alkyl halides is 6. The van der Waals surface area contributed by atoms with Crippen molar-refractivity contribution >= 4 is 5.97 Å². The fraction of sp³-hybridized carbons (Fsp3) is 0.300. The van der Waals surface area contributed by atoms with Gasteiger partial charge in [0.05, 0.1) is 12.7 Å². The highest BCUT2D eigenvalue weighted by molar-refractivity contribution is 5.92. The molecule has 0 heterocycles. The van der Waals surface area contributed by atoms with Gasteiger partial charge in [0.25, 0.3) is 0 Å². The highest BCUT2D eigenvalue weighted by atomic mass is 19.4. The number of hydrogen-bond acceptors (Lipinski definition) is 3. The second-order valence-corrected chi connectivity index (χ2v) is 3.25. The Morgan fingerprint density at radius 1 is 1.11 bits per heavy atom. The first kappa shape index (κ1) is 15.1. The summed E-state index contributed by atoms with van der Waals surface area (Å²) >= 11 is 0. The lowest BCUT2D eigenvalue weighted by Gasteiger charge is -2.14. The van der Waals surface area contributed by atoms with Crippen LogP contribution in [0.25, 0.3) is 0 Å². The van der Waals surface area contributed by atoms with Crippen molar-refractivity contribution in [3.63, 3.8) is 0 Å². The molecule has 0 spiro atoms. The molecule has 0 amide bonds. The standard InChI is InChI=1S/C10H6F6O3/c1-18-8(17)6-3-2-5(9(11,12)13)4-7(6)19-10(14,15)16/h2-4H,1H3. The zero-order valence-corrected chi connectivity index (χ0v) is 9.22. The molecule has 106 valence electrons. The second-order valence-electron chi connectivity index (χ2n) is 3.25.